The number of unbranched alkanes of at least 4 members (excludes halogenated alkanes) is 1. The van der Waals surface area contributed by atoms with Crippen LogP contribution < -0.4 is 9.47 Å². The molecule has 0 unspecified atom stereocenters. The van der Waals surface area contributed by atoms with E-state index in [1.165, 1.54) is 0 Å². The van der Waals surface area contributed by atoms with E-state index < -0.39 is 5.97 Å². The van der Waals surface area contributed by atoms with Gasteiger partial charge in [0, 0.05) is 0 Å². The summed E-state index contributed by atoms with van der Waals surface area (Å²) in [7, 11) is 3.76. The fraction of sp³-hybridized carbons (Fsp3) is 0.412. The van der Waals surface area contributed by atoms with Gasteiger partial charge in [0.05, 0.1) is 13.2 Å². The van der Waals surface area contributed by atoms with E-state index in [1.54, 1.807) is 24.3 Å². The maximum atomic E-state index is 12.5. The van der Waals surface area contributed by atoms with E-state index in [2.05, 4.69) is 12.1 Å². The summed E-state index contributed by atoms with van der Waals surface area (Å²) in [5, 5.41) is 3.88. The van der Waals surface area contributed by atoms with Crippen molar-refractivity contribution in [2.75, 3.05) is 20.7 Å². The minimum absolute atomic E-state index is 0.191. The zero-order valence-corrected chi connectivity index (χ0v) is 13.7. The molecule has 0 saturated carbocycles. The van der Waals surface area contributed by atoms with Crippen LogP contribution in [0.25, 0.3) is 0 Å². The summed E-state index contributed by atoms with van der Waals surface area (Å²) in [6.45, 7) is 2.98. The molecular formula is C17H22N2O4. The number of esters is 1. The van der Waals surface area contributed by atoms with Crippen LogP contribution >= 0.6 is 0 Å². The largest absolute Gasteiger partial charge is 0.475 e. The molecule has 0 aliphatic carbocycles. The van der Waals surface area contributed by atoms with Gasteiger partial charge in [-0.15, -0.1) is 0 Å². The van der Waals surface area contributed by atoms with Gasteiger partial charge in [-0.25, -0.2) is 4.79 Å². The van der Waals surface area contributed by atoms with Crippen molar-refractivity contribution in [1.29, 1.82) is 0 Å². The molecule has 6 nitrogen and oxygen atoms in total. The minimum atomic E-state index is -0.527. The van der Waals surface area contributed by atoms with E-state index in [0.717, 1.165) is 12.8 Å². The molecule has 1 heterocycles. The molecule has 2 rings (SSSR count). The molecule has 0 spiro atoms. The fourth-order valence-electron chi connectivity index (χ4n) is 1.96. The molecule has 124 valence electrons. The van der Waals surface area contributed by atoms with Crippen LogP contribution in [-0.4, -0.2) is 36.7 Å². The molecule has 23 heavy (non-hydrogen) atoms. The zero-order chi connectivity index (χ0) is 16.7. The molecule has 0 aliphatic heterocycles. The molecule has 6 heteroatoms. The third kappa shape index (κ3) is 4.82. The Hall–Kier alpha value is -2.34. The number of ether oxygens (including phenoxy) is 2. The summed E-state index contributed by atoms with van der Waals surface area (Å²) in [5.41, 5.74) is 0.249. The van der Waals surface area contributed by atoms with Gasteiger partial charge < -0.3 is 18.9 Å². The average Bonchev–Trinajstić information content (AvgIpc) is 2.90. The van der Waals surface area contributed by atoms with Gasteiger partial charge in [0.2, 0.25) is 0 Å². The first kappa shape index (κ1) is 17.0. The van der Waals surface area contributed by atoms with Crippen molar-refractivity contribution in [2.24, 2.45) is 0 Å². The van der Waals surface area contributed by atoms with Crippen molar-refractivity contribution in [3.8, 4) is 11.6 Å². The molecule has 0 atom stereocenters. The molecule has 1 aromatic heterocycles. The van der Waals surface area contributed by atoms with Crippen LogP contribution in [0.15, 0.2) is 34.9 Å². The molecule has 0 bridgehead atoms. The topological polar surface area (TPSA) is 64.8 Å². The number of para-hydroxylation sites is 1. The summed E-state index contributed by atoms with van der Waals surface area (Å²) in [6.07, 6.45) is 1.87. The number of nitrogens with zero attached hydrogens (tertiary/aromatic N) is 2. The van der Waals surface area contributed by atoms with E-state index >= 15 is 0 Å². The van der Waals surface area contributed by atoms with Crippen molar-refractivity contribution < 1.29 is 18.8 Å². The number of carbonyl (C=O) groups is 1. The summed E-state index contributed by atoms with van der Waals surface area (Å²) in [5.74, 6) is 0.563. The van der Waals surface area contributed by atoms with Crippen LogP contribution in [0.1, 0.15) is 35.9 Å². The number of carbonyl (C=O) groups excluding carboxylic acids is 1. The van der Waals surface area contributed by atoms with Gasteiger partial charge in [0.1, 0.15) is 5.75 Å². The first-order chi connectivity index (χ1) is 11.1. The molecule has 2 aromatic rings. The van der Waals surface area contributed by atoms with Crippen molar-refractivity contribution in [2.45, 2.75) is 26.3 Å². The lowest BCUT2D eigenvalue weighted by molar-refractivity contribution is 0.0727. The highest BCUT2D eigenvalue weighted by Crippen LogP contribution is 2.25. The second-order valence-electron chi connectivity index (χ2n) is 5.43. The number of benzene rings is 1. The van der Waals surface area contributed by atoms with Gasteiger partial charge in [-0.05, 0) is 37.8 Å². The Balaban J connectivity index is 2.21. The van der Waals surface area contributed by atoms with Gasteiger partial charge in [-0.1, -0.05) is 31.5 Å². The van der Waals surface area contributed by atoms with Crippen LogP contribution in [0.4, 0.5) is 0 Å². The lowest BCUT2D eigenvalue weighted by Gasteiger charge is -2.09. The molecule has 1 aromatic carbocycles. The predicted octanol–water partition coefficient (Wildman–Crippen LogP) is 3.13. The average molecular weight is 318 g/mol. The second kappa shape index (κ2) is 8.33. The Morgan fingerprint density at radius 1 is 1.26 bits per heavy atom. The number of hydrogen-bond donors (Lipinski definition) is 0. The summed E-state index contributed by atoms with van der Waals surface area (Å²) >= 11 is 0. The molecule has 0 fully saturated rings. The summed E-state index contributed by atoms with van der Waals surface area (Å²) in [6, 6.07) is 8.89. The van der Waals surface area contributed by atoms with Gasteiger partial charge in [0.15, 0.2) is 11.3 Å². The van der Waals surface area contributed by atoms with Crippen molar-refractivity contribution in [3.63, 3.8) is 0 Å². The highest BCUT2D eigenvalue weighted by molar-refractivity contribution is 5.94. The van der Waals surface area contributed by atoms with Crippen LogP contribution in [0.2, 0.25) is 0 Å². The van der Waals surface area contributed by atoms with Crippen LogP contribution in [0, 0.1) is 0 Å². The highest BCUT2D eigenvalue weighted by Gasteiger charge is 2.26. The number of rotatable bonds is 8. The number of aromatic nitrogens is 1. The maximum Gasteiger partial charge on any atom is 0.352 e. The Kier molecular flexibility index (Phi) is 6.17. The normalized spacial score (nSPS) is 10.8. The predicted molar refractivity (Wildman–Crippen MR) is 85.7 cm³/mol. The lowest BCUT2D eigenvalue weighted by Crippen LogP contribution is -2.16. The van der Waals surface area contributed by atoms with Crippen LogP contribution in [0.3, 0.4) is 0 Å². The summed E-state index contributed by atoms with van der Waals surface area (Å²) < 4.78 is 16.2. The monoisotopic (exact) mass is 318 g/mol. The van der Waals surface area contributed by atoms with Crippen molar-refractivity contribution in [1.82, 2.24) is 10.1 Å². The maximum absolute atomic E-state index is 12.5. The standard InChI is InChI=1S/C17H22N2O4/c1-4-5-11-21-16-15(14(23-18-16)12-19(2)3)17(20)22-13-9-7-6-8-10-13/h6-10H,4-5,11-12H2,1-3H3. The van der Waals surface area contributed by atoms with Crippen molar-refractivity contribution >= 4 is 5.97 Å². The Bertz CT molecular complexity index is 623. The Morgan fingerprint density at radius 2 is 2.00 bits per heavy atom. The molecular weight excluding hydrogens is 296 g/mol. The van der Waals surface area contributed by atoms with Crippen molar-refractivity contribution in [3.05, 3.63) is 41.7 Å². The smallest absolute Gasteiger partial charge is 0.352 e. The highest BCUT2D eigenvalue weighted by atomic mass is 16.6. The molecule has 0 radical (unpaired) electrons. The summed E-state index contributed by atoms with van der Waals surface area (Å²) in [4.78, 5) is 14.4. The van der Waals surface area contributed by atoms with E-state index in [1.807, 2.05) is 25.1 Å². The van der Waals surface area contributed by atoms with E-state index in [-0.39, 0.29) is 11.4 Å². The zero-order valence-electron chi connectivity index (χ0n) is 13.7. The first-order valence-electron chi connectivity index (χ1n) is 7.65. The first-order valence-corrected chi connectivity index (χ1v) is 7.65. The minimum Gasteiger partial charge on any atom is -0.475 e. The Morgan fingerprint density at radius 3 is 2.65 bits per heavy atom. The Labute approximate surface area is 136 Å². The van der Waals surface area contributed by atoms with Gasteiger partial charge in [-0.2, -0.15) is 0 Å². The third-order valence-electron chi connectivity index (χ3n) is 3.09. The van der Waals surface area contributed by atoms with Gasteiger partial charge in [-0.3, -0.25) is 0 Å². The van der Waals surface area contributed by atoms with E-state index in [9.17, 15) is 4.79 Å². The van der Waals surface area contributed by atoms with Crippen LogP contribution in [-0.2, 0) is 6.54 Å². The SMILES string of the molecule is CCCCOc1noc(CN(C)C)c1C(=O)Oc1ccccc1. The molecule has 0 aliphatic rings. The number of hydrogen-bond acceptors (Lipinski definition) is 6. The molecule has 0 saturated heterocycles. The third-order valence-corrected chi connectivity index (χ3v) is 3.09. The van der Waals surface area contributed by atoms with Crippen LogP contribution in [0.5, 0.6) is 11.6 Å². The fourth-order valence-corrected chi connectivity index (χ4v) is 1.96. The van der Waals surface area contributed by atoms with E-state index in [4.69, 9.17) is 14.0 Å². The van der Waals surface area contributed by atoms with E-state index in [0.29, 0.717) is 24.7 Å². The second-order valence-corrected chi connectivity index (χ2v) is 5.43. The van der Waals surface area contributed by atoms with Gasteiger partial charge in [0.25, 0.3) is 5.88 Å². The van der Waals surface area contributed by atoms with Gasteiger partial charge >= 0.3 is 5.97 Å². The molecule has 0 amide bonds. The lowest BCUT2D eigenvalue weighted by atomic mass is 10.2. The quantitative estimate of drug-likeness (QED) is 0.423. The molecule has 0 N–H and O–H groups in total.